The number of fused-ring (bicyclic) bond motifs is 3. The molecule has 0 saturated heterocycles. The number of hydrogen-bond acceptors (Lipinski definition) is 2. The molecule has 3 rings (SSSR count). The molecule has 0 spiro atoms. The average Bonchev–Trinajstić information content (AvgIpc) is 2.37. The molecule has 0 aliphatic rings. The summed E-state index contributed by atoms with van der Waals surface area (Å²) in [5.41, 5.74) is 0. The summed E-state index contributed by atoms with van der Waals surface area (Å²) >= 11 is 0. The Morgan fingerprint density at radius 3 is 2.00 bits per heavy atom. The van der Waals surface area contributed by atoms with Crippen molar-refractivity contribution in [1.29, 1.82) is 0 Å². The molecule has 0 amide bonds. The molecule has 3 aromatic carbocycles. The second-order valence-corrected chi connectivity index (χ2v) is 5.51. The van der Waals surface area contributed by atoms with E-state index in [-0.39, 0.29) is 4.90 Å². The van der Waals surface area contributed by atoms with Gasteiger partial charge in [-0.3, -0.25) is 4.55 Å². The quantitative estimate of drug-likeness (QED) is 0.538. The lowest BCUT2D eigenvalue weighted by Gasteiger charge is -2.08. The molecule has 0 aliphatic heterocycles. The minimum Gasteiger partial charge on any atom is -0.282 e. The Morgan fingerprint density at radius 1 is 0.778 bits per heavy atom. The van der Waals surface area contributed by atoms with Crippen molar-refractivity contribution in [3.8, 4) is 0 Å². The van der Waals surface area contributed by atoms with E-state index in [0.717, 1.165) is 16.2 Å². The van der Waals surface area contributed by atoms with Crippen LogP contribution in [0.4, 0.5) is 0 Å². The van der Waals surface area contributed by atoms with Crippen molar-refractivity contribution in [2.45, 2.75) is 4.90 Å². The third kappa shape index (κ3) is 1.66. The second kappa shape index (κ2) is 3.80. The van der Waals surface area contributed by atoms with E-state index in [9.17, 15) is 13.0 Å². The predicted molar refractivity (Wildman–Crippen MR) is 71.3 cm³/mol. The molecule has 0 atom stereocenters. The molecule has 4 heteroatoms. The molecule has 1 N–H and O–H groups in total. The van der Waals surface area contributed by atoms with Crippen molar-refractivity contribution in [3.63, 3.8) is 0 Å². The summed E-state index contributed by atoms with van der Waals surface area (Å²) in [6.07, 6.45) is 0. The van der Waals surface area contributed by atoms with Crippen LogP contribution in [0.1, 0.15) is 0 Å². The standard InChI is InChI=1S/C14H10O3S/c15-18(16,17)14-9-10-5-1-2-6-11(10)12-7-3-4-8-13(12)14/h1-9H,(H,15,16,17). The summed E-state index contributed by atoms with van der Waals surface area (Å²) < 4.78 is 32.2. The van der Waals surface area contributed by atoms with Crippen LogP contribution in [0.25, 0.3) is 21.5 Å². The average molecular weight is 258 g/mol. The van der Waals surface area contributed by atoms with E-state index in [4.69, 9.17) is 0 Å². The van der Waals surface area contributed by atoms with Crippen molar-refractivity contribution in [1.82, 2.24) is 0 Å². The van der Waals surface area contributed by atoms with Crippen molar-refractivity contribution >= 4 is 31.7 Å². The van der Waals surface area contributed by atoms with Crippen LogP contribution in [0.15, 0.2) is 59.5 Å². The topological polar surface area (TPSA) is 54.4 Å². The summed E-state index contributed by atoms with van der Waals surface area (Å²) in [6, 6.07) is 16.2. The van der Waals surface area contributed by atoms with Gasteiger partial charge in [0, 0.05) is 5.39 Å². The van der Waals surface area contributed by atoms with Crippen molar-refractivity contribution in [2.75, 3.05) is 0 Å². The van der Waals surface area contributed by atoms with Crippen LogP contribution in [0.2, 0.25) is 0 Å². The summed E-state index contributed by atoms with van der Waals surface area (Å²) in [4.78, 5) is -0.0446. The first kappa shape index (κ1) is 11.2. The SMILES string of the molecule is O=S(=O)(O)c1cc2ccccc2c2ccccc12. The summed E-state index contributed by atoms with van der Waals surface area (Å²) in [5.74, 6) is 0. The first-order valence-electron chi connectivity index (χ1n) is 5.45. The fraction of sp³-hybridized carbons (Fsp3) is 0. The number of hydrogen-bond donors (Lipinski definition) is 1. The van der Waals surface area contributed by atoms with Crippen LogP contribution in [-0.2, 0) is 10.1 Å². The van der Waals surface area contributed by atoms with Crippen molar-refractivity contribution in [3.05, 3.63) is 54.6 Å². The van der Waals surface area contributed by atoms with E-state index >= 15 is 0 Å². The molecule has 0 bridgehead atoms. The minimum atomic E-state index is -4.22. The molecular weight excluding hydrogens is 248 g/mol. The second-order valence-electron chi connectivity index (χ2n) is 4.12. The van der Waals surface area contributed by atoms with E-state index in [2.05, 4.69) is 0 Å². The van der Waals surface area contributed by atoms with Gasteiger partial charge in [-0.25, -0.2) is 0 Å². The molecule has 3 nitrogen and oxygen atoms in total. The maximum absolute atomic E-state index is 11.4. The summed E-state index contributed by atoms with van der Waals surface area (Å²) in [5, 5.41) is 3.13. The van der Waals surface area contributed by atoms with Crippen LogP contribution < -0.4 is 0 Å². The zero-order valence-electron chi connectivity index (χ0n) is 9.37. The van der Waals surface area contributed by atoms with Gasteiger partial charge in [0.25, 0.3) is 10.1 Å². The highest BCUT2D eigenvalue weighted by Gasteiger charge is 2.15. The normalized spacial score (nSPS) is 12.1. The van der Waals surface area contributed by atoms with Crippen LogP contribution in [0.5, 0.6) is 0 Å². The lowest BCUT2D eigenvalue weighted by atomic mass is 10.0. The maximum Gasteiger partial charge on any atom is 0.295 e. The third-order valence-corrected chi connectivity index (χ3v) is 3.90. The molecule has 0 radical (unpaired) electrons. The molecule has 3 aromatic rings. The first-order chi connectivity index (χ1) is 8.57. The number of benzene rings is 3. The first-order valence-corrected chi connectivity index (χ1v) is 6.89. The van der Waals surface area contributed by atoms with Gasteiger partial charge >= 0.3 is 0 Å². The fourth-order valence-electron chi connectivity index (χ4n) is 2.23. The summed E-state index contributed by atoms with van der Waals surface area (Å²) in [6.45, 7) is 0. The fourth-order valence-corrected chi connectivity index (χ4v) is 2.97. The Morgan fingerprint density at radius 2 is 1.33 bits per heavy atom. The summed E-state index contributed by atoms with van der Waals surface area (Å²) in [7, 11) is -4.22. The molecule has 0 aromatic heterocycles. The van der Waals surface area contributed by atoms with Crippen LogP contribution >= 0.6 is 0 Å². The Labute approximate surface area is 104 Å². The Bertz CT molecular complexity index is 851. The van der Waals surface area contributed by atoms with Crippen LogP contribution in [0.3, 0.4) is 0 Å². The number of rotatable bonds is 1. The molecule has 18 heavy (non-hydrogen) atoms. The van der Waals surface area contributed by atoms with Crippen LogP contribution in [-0.4, -0.2) is 13.0 Å². The maximum atomic E-state index is 11.4. The van der Waals surface area contributed by atoms with Crippen LogP contribution in [0, 0.1) is 0 Å². The van der Waals surface area contributed by atoms with Crippen molar-refractivity contribution in [2.24, 2.45) is 0 Å². The monoisotopic (exact) mass is 258 g/mol. The third-order valence-electron chi connectivity index (χ3n) is 3.01. The largest absolute Gasteiger partial charge is 0.295 e. The highest BCUT2D eigenvalue weighted by atomic mass is 32.2. The minimum absolute atomic E-state index is 0.0446. The zero-order valence-corrected chi connectivity index (χ0v) is 10.2. The molecule has 0 fully saturated rings. The van der Waals surface area contributed by atoms with Gasteiger partial charge in [0.15, 0.2) is 0 Å². The van der Waals surface area contributed by atoms with E-state index in [1.54, 1.807) is 12.1 Å². The smallest absolute Gasteiger partial charge is 0.282 e. The van der Waals surface area contributed by atoms with Gasteiger partial charge in [-0.05, 0) is 22.2 Å². The molecule has 0 unspecified atom stereocenters. The van der Waals surface area contributed by atoms with E-state index in [1.807, 2.05) is 36.4 Å². The molecule has 90 valence electrons. The van der Waals surface area contributed by atoms with E-state index < -0.39 is 10.1 Å². The zero-order chi connectivity index (χ0) is 12.8. The van der Waals surface area contributed by atoms with Gasteiger partial charge < -0.3 is 0 Å². The van der Waals surface area contributed by atoms with Gasteiger partial charge in [0.2, 0.25) is 0 Å². The lowest BCUT2D eigenvalue weighted by Crippen LogP contribution is -1.99. The Hall–Kier alpha value is -1.91. The highest BCUT2D eigenvalue weighted by Crippen LogP contribution is 2.30. The molecule has 0 aliphatic carbocycles. The van der Waals surface area contributed by atoms with Gasteiger partial charge in [-0.15, -0.1) is 0 Å². The van der Waals surface area contributed by atoms with Gasteiger partial charge in [0.05, 0.1) is 0 Å². The predicted octanol–water partition coefficient (Wildman–Crippen LogP) is 3.24. The van der Waals surface area contributed by atoms with Crippen molar-refractivity contribution < 1.29 is 13.0 Å². The molecule has 0 saturated carbocycles. The molecule has 0 heterocycles. The van der Waals surface area contributed by atoms with E-state index in [1.165, 1.54) is 6.07 Å². The lowest BCUT2D eigenvalue weighted by molar-refractivity contribution is 0.484. The van der Waals surface area contributed by atoms with Gasteiger partial charge in [-0.2, -0.15) is 8.42 Å². The molecular formula is C14H10O3S. The van der Waals surface area contributed by atoms with Gasteiger partial charge in [0.1, 0.15) is 4.90 Å². The van der Waals surface area contributed by atoms with Gasteiger partial charge in [-0.1, -0.05) is 48.5 Å². The Balaban J connectivity index is 2.63. The Kier molecular flexibility index (Phi) is 2.36. The van der Waals surface area contributed by atoms with E-state index in [0.29, 0.717) is 5.39 Å². The highest BCUT2D eigenvalue weighted by molar-refractivity contribution is 7.86.